The van der Waals surface area contributed by atoms with E-state index in [-0.39, 0.29) is 23.6 Å². The summed E-state index contributed by atoms with van der Waals surface area (Å²) in [5, 5.41) is 8.13. The van der Waals surface area contributed by atoms with Crippen LogP contribution in [0.3, 0.4) is 0 Å². The lowest BCUT2D eigenvalue weighted by Crippen LogP contribution is -2.26. The monoisotopic (exact) mass is 339 g/mol. The molecule has 0 bridgehead atoms. The van der Waals surface area contributed by atoms with Crippen molar-refractivity contribution in [3.63, 3.8) is 0 Å². The second kappa shape index (κ2) is 6.37. The first-order valence-electron chi connectivity index (χ1n) is 8.54. The van der Waals surface area contributed by atoms with E-state index in [0.717, 1.165) is 40.9 Å². The van der Waals surface area contributed by atoms with Crippen molar-refractivity contribution in [3.8, 4) is 0 Å². The molecule has 0 unspecified atom stereocenters. The van der Waals surface area contributed by atoms with Crippen LogP contribution in [0.5, 0.6) is 0 Å². The molecule has 1 saturated heterocycles. The molecular formula is C19H21N3O3. The molecule has 3 aromatic rings. The fourth-order valence-electron chi connectivity index (χ4n) is 3.27. The molecule has 130 valence electrons. The number of fused-ring (bicyclic) bond motifs is 1. The van der Waals surface area contributed by atoms with Gasteiger partial charge in [0, 0.05) is 29.8 Å². The Bertz CT molecular complexity index is 906. The number of nitrogens with one attached hydrogen (secondary N) is 2. The summed E-state index contributed by atoms with van der Waals surface area (Å²) < 4.78 is 10.6. The van der Waals surface area contributed by atoms with Gasteiger partial charge in [0.05, 0.1) is 18.3 Å². The van der Waals surface area contributed by atoms with Crippen LogP contribution >= 0.6 is 0 Å². The van der Waals surface area contributed by atoms with E-state index in [0.29, 0.717) is 6.61 Å². The maximum atomic E-state index is 12.4. The third-order valence-electron chi connectivity index (χ3n) is 4.73. The predicted octanol–water partition coefficient (Wildman–Crippen LogP) is 3.46. The van der Waals surface area contributed by atoms with Crippen molar-refractivity contribution < 1.29 is 14.1 Å². The molecule has 2 aromatic heterocycles. The topological polar surface area (TPSA) is 80.2 Å². The molecule has 0 spiro atoms. The third kappa shape index (κ3) is 3.17. The van der Waals surface area contributed by atoms with Crippen LogP contribution in [0.2, 0.25) is 0 Å². The summed E-state index contributed by atoms with van der Waals surface area (Å²) in [5.74, 6) is 0.213. The van der Waals surface area contributed by atoms with Gasteiger partial charge in [-0.3, -0.25) is 4.79 Å². The Hall–Kier alpha value is -2.60. The number of nitrogens with zero attached hydrogens (tertiary/aromatic N) is 1. The maximum Gasteiger partial charge on any atom is 0.290 e. The minimum atomic E-state index is -0.254. The third-order valence-corrected chi connectivity index (χ3v) is 4.73. The number of aromatic nitrogens is 2. The van der Waals surface area contributed by atoms with Gasteiger partial charge in [0.2, 0.25) is 5.76 Å². The van der Waals surface area contributed by atoms with Crippen molar-refractivity contribution in [1.29, 1.82) is 0 Å². The molecular weight excluding hydrogens is 318 g/mol. The van der Waals surface area contributed by atoms with Gasteiger partial charge in [-0.25, -0.2) is 0 Å². The molecule has 1 fully saturated rings. The number of amides is 1. The fourth-order valence-corrected chi connectivity index (χ4v) is 3.27. The van der Waals surface area contributed by atoms with E-state index in [9.17, 15) is 4.79 Å². The van der Waals surface area contributed by atoms with E-state index in [1.54, 1.807) is 6.07 Å². The lowest BCUT2D eigenvalue weighted by molar-refractivity contribution is 0.0902. The first-order valence-corrected chi connectivity index (χ1v) is 8.54. The van der Waals surface area contributed by atoms with Crippen LogP contribution in [-0.2, 0) is 4.74 Å². The van der Waals surface area contributed by atoms with Crippen LogP contribution in [0, 0.1) is 6.92 Å². The number of H-pyrrole nitrogens is 1. The zero-order valence-corrected chi connectivity index (χ0v) is 14.3. The van der Waals surface area contributed by atoms with Crippen LogP contribution in [-0.4, -0.2) is 29.3 Å². The highest BCUT2D eigenvalue weighted by atomic mass is 16.5. The SMILES string of the molecule is Cc1cc2cc([C@@H](C)NC(=O)c3cc([C@@H]4CCOC4)no3)ccc2[nH]1. The molecule has 1 aliphatic rings. The molecule has 1 aromatic carbocycles. The Morgan fingerprint density at radius 1 is 1.36 bits per heavy atom. The Morgan fingerprint density at radius 2 is 2.24 bits per heavy atom. The Balaban J connectivity index is 1.47. The van der Waals surface area contributed by atoms with Gasteiger partial charge in [-0.15, -0.1) is 0 Å². The Kier molecular flexibility index (Phi) is 4.05. The van der Waals surface area contributed by atoms with Crippen molar-refractivity contribution in [3.05, 3.63) is 53.0 Å². The van der Waals surface area contributed by atoms with Gasteiger partial charge < -0.3 is 19.6 Å². The van der Waals surface area contributed by atoms with E-state index < -0.39 is 0 Å². The van der Waals surface area contributed by atoms with E-state index >= 15 is 0 Å². The number of hydrogen-bond acceptors (Lipinski definition) is 4. The predicted molar refractivity (Wildman–Crippen MR) is 93.6 cm³/mol. The van der Waals surface area contributed by atoms with Crippen LogP contribution in [0.1, 0.15) is 52.8 Å². The van der Waals surface area contributed by atoms with Gasteiger partial charge in [-0.05, 0) is 49.4 Å². The lowest BCUT2D eigenvalue weighted by atomic mass is 10.0. The highest BCUT2D eigenvalue weighted by Crippen LogP contribution is 2.25. The summed E-state index contributed by atoms with van der Waals surface area (Å²) in [6.45, 7) is 5.36. The minimum Gasteiger partial charge on any atom is -0.381 e. The number of rotatable bonds is 4. The first kappa shape index (κ1) is 15.9. The molecule has 0 aliphatic carbocycles. The number of ether oxygens (including phenoxy) is 1. The van der Waals surface area contributed by atoms with Crippen LogP contribution < -0.4 is 5.32 Å². The smallest absolute Gasteiger partial charge is 0.290 e. The lowest BCUT2D eigenvalue weighted by Gasteiger charge is -2.13. The van der Waals surface area contributed by atoms with Crippen molar-refractivity contribution in [2.75, 3.05) is 13.2 Å². The second-order valence-corrected chi connectivity index (χ2v) is 6.67. The van der Waals surface area contributed by atoms with Crippen molar-refractivity contribution >= 4 is 16.8 Å². The average molecular weight is 339 g/mol. The summed E-state index contributed by atoms with van der Waals surface area (Å²) in [7, 11) is 0. The molecule has 0 saturated carbocycles. The van der Waals surface area contributed by atoms with E-state index in [1.807, 2.05) is 26.0 Å². The molecule has 25 heavy (non-hydrogen) atoms. The van der Waals surface area contributed by atoms with Crippen molar-refractivity contribution in [1.82, 2.24) is 15.5 Å². The largest absolute Gasteiger partial charge is 0.381 e. The van der Waals surface area contributed by atoms with E-state index in [4.69, 9.17) is 9.26 Å². The number of carbonyl (C=O) groups is 1. The van der Waals surface area contributed by atoms with Gasteiger partial charge in [0.25, 0.3) is 5.91 Å². The van der Waals surface area contributed by atoms with Crippen LogP contribution in [0.4, 0.5) is 0 Å². The summed E-state index contributed by atoms with van der Waals surface area (Å²) in [6, 6.07) is 9.83. The number of benzene rings is 1. The molecule has 6 heteroatoms. The summed E-state index contributed by atoms with van der Waals surface area (Å²) in [6.07, 6.45) is 0.917. The summed E-state index contributed by atoms with van der Waals surface area (Å²) in [4.78, 5) is 15.7. The Labute approximate surface area is 145 Å². The molecule has 4 rings (SSSR count). The highest BCUT2D eigenvalue weighted by Gasteiger charge is 2.24. The van der Waals surface area contributed by atoms with Crippen molar-refractivity contribution in [2.45, 2.75) is 32.2 Å². The second-order valence-electron chi connectivity index (χ2n) is 6.67. The van der Waals surface area contributed by atoms with Gasteiger partial charge >= 0.3 is 0 Å². The summed E-state index contributed by atoms with van der Waals surface area (Å²) >= 11 is 0. The number of aromatic amines is 1. The van der Waals surface area contributed by atoms with E-state index in [1.165, 1.54) is 0 Å². The average Bonchev–Trinajstić information content (AvgIpc) is 3.32. The summed E-state index contributed by atoms with van der Waals surface area (Å²) in [5.41, 5.74) is 4.05. The van der Waals surface area contributed by atoms with Gasteiger partial charge in [0.15, 0.2) is 0 Å². The van der Waals surface area contributed by atoms with Gasteiger partial charge in [0.1, 0.15) is 0 Å². The zero-order valence-electron chi connectivity index (χ0n) is 14.3. The molecule has 6 nitrogen and oxygen atoms in total. The maximum absolute atomic E-state index is 12.4. The minimum absolute atomic E-state index is 0.129. The number of carbonyl (C=O) groups excluding carboxylic acids is 1. The molecule has 3 heterocycles. The molecule has 2 atom stereocenters. The highest BCUT2D eigenvalue weighted by molar-refractivity contribution is 5.91. The van der Waals surface area contributed by atoms with Crippen molar-refractivity contribution in [2.24, 2.45) is 0 Å². The van der Waals surface area contributed by atoms with Crippen LogP contribution in [0.15, 0.2) is 34.9 Å². The van der Waals surface area contributed by atoms with Gasteiger partial charge in [-0.1, -0.05) is 11.2 Å². The molecule has 1 aliphatic heterocycles. The molecule has 2 N–H and O–H groups in total. The number of hydrogen-bond donors (Lipinski definition) is 2. The molecule has 1 amide bonds. The number of aryl methyl sites for hydroxylation is 1. The van der Waals surface area contributed by atoms with E-state index in [2.05, 4.69) is 27.6 Å². The standard InChI is InChI=1S/C19H21N3O3/c1-11-7-15-8-13(3-4-16(15)20-11)12(2)21-19(23)18-9-17(22-25-18)14-5-6-24-10-14/h3-4,7-9,12,14,20H,5-6,10H2,1-2H3,(H,21,23)/t12-,14-/m1/s1. The Morgan fingerprint density at radius 3 is 3.04 bits per heavy atom. The van der Waals surface area contributed by atoms with Gasteiger partial charge in [-0.2, -0.15) is 0 Å². The zero-order chi connectivity index (χ0) is 17.4. The molecule has 0 radical (unpaired) electrons. The quantitative estimate of drug-likeness (QED) is 0.763. The first-order chi connectivity index (χ1) is 12.1. The van der Waals surface area contributed by atoms with Crippen LogP contribution in [0.25, 0.3) is 10.9 Å². The fraction of sp³-hybridized carbons (Fsp3) is 0.368. The normalized spacial score (nSPS) is 18.6.